The van der Waals surface area contributed by atoms with Crippen molar-refractivity contribution < 1.29 is 9.90 Å². The predicted molar refractivity (Wildman–Crippen MR) is 119 cm³/mol. The second kappa shape index (κ2) is 8.76. The topological polar surface area (TPSA) is 49.3 Å². The van der Waals surface area contributed by atoms with E-state index in [9.17, 15) is 9.90 Å². The Hall–Kier alpha value is -3.69. The Labute approximate surface area is 176 Å². The molecule has 0 saturated carbocycles. The number of aliphatic carboxylic acids is 1. The summed E-state index contributed by atoms with van der Waals surface area (Å²) in [6, 6.07) is 38.4. The molecular formula is C27H23NO2. The molecule has 0 heterocycles. The van der Waals surface area contributed by atoms with E-state index < -0.39 is 17.6 Å². The molecule has 0 amide bonds. The van der Waals surface area contributed by atoms with Gasteiger partial charge in [0.15, 0.2) is 0 Å². The normalized spacial score (nSPS) is 12.3. The molecule has 0 radical (unpaired) electrons. The van der Waals surface area contributed by atoms with Gasteiger partial charge in [0.05, 0.1) is 5.54 Å². The summed E-state index contributed by atoms with van der Waals surface area (Å²) < 4.78 is 0. The van der Waals surface area contributed by atoms with Crippen molar-refractivity contribution >= 4 is 5.97 Å². The molecule has 0 aliphatic carbocycles. The van der Waals surface area contributed by atoms with Crippen molar-refractivity contribution in [3.05, 3.63) is 144 Å². The molecule has 2 N–H and O–H groups in total. The lowest BCUT2D eigenvalue weighted by atomic mass is 9.76. The van der Waals surface area contributed by atoms with Crippen molar-refractivity contribution in [3.8, 4) is 0 Å². The third-order valence-corrected chi connectivity index (χ3v) is 5.36. The molecule has 0 fully saturated rings. The van der Waals surface area contributed by atoms with E-state index in [4.69, 9.17) is 0 Å². The fraction of sp³-hybridized carbons (Fsp3) is 0.0741. The number of rotatable bonds is 7. The van der Waals surface area contributed by atoms with Crippen LogP contribution in [-0.2, 0) is 10.3 Å². The average molecular weight is 393 g/mol. The largest absolute Gasteiger partial charge is 0.480 e. The minimum absolute atomic E-state index is 0.706. The van der Waals surface area contributed by atoms with Gasteiger partial charge in [0.25, 0.3) is 0 Å². The average Bonchev–Trinajstić information content (AvgIpc) is 2.82. The van der Waals surface area contributed by atoms with Crippen LogP contribution in [0.2, 0.25) is 0 Å². The van der Waals surface area contributed by atoms with Gasteiger partial charge in [-0.25, -0.2) is 0 Å². The number of carboxylic acid groups (broad SMARTS) is 1. The van der Waals surface area contributed by atoms with Crippen molar-refractivity contribution in [3.63, 3.8) is 0 Å². The molecule has 0 aliphatic heterocycles. The lowest BCUT2D eigenvalue weighted by molar-refractivity contribution is -0.140. The van der Waals surface area contributed by atoms with Crippen LogP contribution in [0.5, 0.6) is 0 Å². The summed E-state index contributed by atoms with van der Waals surface area (Å²) >= 11 is 0. The van der Waals surface area contributed by atoms with Crippen LogP contribution in [0.4, 0.5) is 0 Å². The Kier molecular flexibility index (Phi) is 5.73. The van der Waals surface area contributed by atoms with Gasteiger partial charge in [-0.05, 0) is 22.3 Å². The SMILES string of the molecule is O=C(O)[C@@H](NC(c1ccccc1)(c1ccccc1)c1ccccc1)c1ccccc1. The fourth-order valence-corrected chi connectivity index (χ4v) is 3.96. The first kappa shape index (κ1) is 19.6. The van der Waals surface area contributed by atoms with Gasteiger partial charge in [-0.2, -0.15) is 0 Å². The standard InChI is InChI=1S/C27H23NO2/c29-26(30)25(21-13-5-1-6-14-21)28-27(22-15-7-2-8-16-22,23-17-9-3-10-18-23)24-19-11-4-12-20-24/h1-20,25,28H,(H,29,30)/t25-/m0/s1. The van der Waals surface area contributed by atoms with Crippen LogP contribution in [0.15, 0.2) is 121 Å². The van der Waals surface area contributed by atoms with Crippen molar-refractivity contribution in [2.75, 3.05) is 0 Å². The first-order chi connectivity index (χ1) is 14.7. The van der Waals surface area contributed by atoms with Crippen molar-refractivity contribution in [2.24, 2.45) is 0 Å². The molecule has 0 unspecified atom stereocenters. The van der Waals surface area contributed by atoms with Gasteiger partial charge >= 0.3 is 5.97 Å². The molecule has 148 valence electrons. The van der Waals surface area contributed by atoms with Crippen LogP contribution in [0.3, 0.4) is 0 Å². The minimum atomic E-state index is -0.923. The zero-order chi connectivity index (χ0) is 20.8. The van der Waals surface area contributed by atoms with Gasteiger partial charge in [-0.15, -0.1) is 0 Å². The van der Waals surface area contributed by atoms with Gasteiger partial charge < -0.3 is 5.11 Å². The molecule has 4 aromatic rings. The highest BCUT2D eigenvalue weighted by Crippen LogP contribution is 2.39. The zero-order valence-electron chi connectivity index (χ0n) is 16.5. The molecule has 1 atom stereocenters. The van der Waals surface area contributed by atoms with E-state index >= 15 is 0 Å². The molecule has 0 aliphatic rings. The minimum Gasteiger partial charge on any atom is -0.480 e. The monoisotopic (exact) mass is 393 g/mol. The molecule has 4 aromatic carbocycles. The number of benzene rings is 4. The van der Waals surface area contributed by atoms with Gasteiger partial charge in [-0.1, -0.05) is 121 Å². The number of hydrogen-bond acceptors (Lipinski definition) is 2. The molecule has 3 nitrogen and oxygen atoms in total. The molecule has 0 spiro atoms. The number of hydrogen-bond donors (Lipinski definition) is 2. The van der Waals surface area contributed by atoms with E-state index in [-0.39, 0.29) is 0 Å². The zero-order valence-corrected chi connectivity index (χ0v) is 16.5. The quantitative estimate of drug-likeness (QED) is 0.414. The summed E-state index contributed by atoms with van der Waals surface area (Å²) in [6.07, 6.45) is 0. The number of nitrogens with one attached hydrogen (secondary N) is 1. The molecular weight excluding hydrogens is 370 g/mol. The Morgan fingerprint density at radius 3 is 1.27 bits per heavy atom. The van der Waals surface area contributed by atoms with E-state index in [1.807, 2.05) is 121 Å². The molecule has 0 aromatic heterocycles. The van der Waals surface area contributed by atoms with Crippen LogP contribution in [-0.4, -0.2) is 11.1 Å². The van der Waals surface area contributed by atoms with Crippen LogP contribution >= 0.6 is 0 Å². The van der Waals surface area contributed by atoms with Crippen molar-refractivity contribution in [1.29, 1.82) is 0 Å². The van der Waals surface area contributed by atoms with E-state index in [0.29, 0.717) is 5.56 Å². The van der Waals surface area contributed by atoms with Crippen LogP contribution < -0.4 is 5.32 Å². The Bertz CT molecular complexity index is 984. The smallest absolute Gasteiger partial charge is 0.325 e. The molecule has 3 heteroatoms. The summed E-state index contributed by atoms with van der Waals surface area (Å²) in [6.45, 7) is 0. The fourth-order valence-electron chi connectivity index (χ4n) is 3.96. The maximum Gasteiger partial charge on any atom is 0.325 e. The van der Waals surface area contributed by atoms with E-state index in [0.717, 1.165) is 16.7 Å². The highest BCUT2D eigenvalue weighted by atomic mass is 16.4. The van der Waals surface area contributed by atoms with Crippen LogP contribution in [0.1, 0.15) is 28.3 Å². The van der Waals surface area contributed by atoms with Gasteiger partial charge in [-0.3, -0.25) is 10.1 Å². The number of carboxylic acids is 1. The third kappa shape index (κ3) is 3.76. The summed E-state index contributed by atoms with van der Waals surface area (Å²) in [5.41, 5.74) is 2.79. The van der Waals surface area contributed by atoms with Crippen molar-refractivity contribution in [1.82, 2.24) is 5.32 Å². The third-order valence-electron chi connectivity index (χ3n) is 5.36. The van der Waals surface area contributed by atoms with Gasteiger partial charge in [0.2, 0.25) is 0 Å². The highest BCUT2D eigenvalue weighted by molar-refractivity contribution is 5.76. The molecule has 4 rings (SSSR count). The molecule has 30 heavy (non-hydrogen) atoms. The summed E-state index contributed by atoms with van der Waals surface area (Å²) in [5, 5.41) is 13.7. The summed E-state index contributed by atoms with van der Waals surface area (Å²) in [4.78, 5) is 12.4. The van der Waals surface area contributed by atoms with Gasteiger partial charge in [0.1, 0.15) is 6.04 Å². The Balaban J connectivity index is 1.98. The lowest BCUT2D eigenvalue weighted by Gasteiger charge is -2.39. The second-order valence-electron chi connectivity index (χ2n) is 7.17. The van der Waals surface area contributed by atoms with E-state index in [1.165, 1.54) is 0 Å². The van der Waals surface area contributed by atoms with E-state index in [2.05, 4.69) is 5.32 Å². The highest BCUT2D eigenvalue weighted by Gasteiger charge is 2.40. The summed E-state index contributed by atoms with van der Waals surface area (Å²) in [7, 11) is 0. The summed E-state index contributed by atoms with van der Waals surface area (Å²) in [5.74, 6) is -0.923. The maximum atomic E-state index is 12.4. The molecule has 0 bridgehead atoms. The number of carbonyl (C=O) groups is 1. The first-order valence-corrected chi connectivity index (χ1v) is 9.94. The Morgan fingerprint density at radius 1 is 0.600 bits per heavy atom. The molecule has 0 saturated heterocycles. The Morgan fingerprint density at radius 2 is 0.933 bits per heavy atom. The van der Waals surface area contributed by atoms with Crippen LogP contribution in [0.25, 0.3) is 0 Å². The predicted octanol–water partition coefficient (Wildman–Crippen LogP) is 5.39. The lowest BCUT2D eigenvalue weighted by Crippen LogP contribution is -2.48. The second-order valence-corrected chi connectivity index (χ2v) is 7.17. The first-order valence-electron chi connectivity index (χ1n) is 9.94. The van der Waals surface area contributed by atoms with Crippen LogP contribution in [0, 0.1) is 0 Å². The van der Waals surface area contributed by atoms with Gasteiger partial charge in [0, 0.05) is 0 Å². The van der Waals surface area contributed by atoms with E-state index in [1.54, 1.807) is 0 Å². The maximum absolute atomic E-state index is 12.4. The van der Waals surface area contributed by atoms with Crippen molar-refractivity contribution in [2.45, 2.75) is 11.6 Å².